The number of morpholine rings is 1. The third kappa shape index (κ3) is 5.78. The van der Waals surface area contributed by atoms with Crippen LogP contribution >= 0.6 is 11.6 Å². The highest BCUT2D eigenvalue weighted by molar-refractivity contribution is 6.31. The average Bonchev–Trinajstić information content (AvgIpc) is 2.88. The Bertz CT molecular complexity index is 1320. The van der Waals surface area contributed by atoms with Gasteiger partial charge in [-0.25, -0.2) is 14.2 Å². The van der Waals surface area contributed by atoms with Crippen LogP contribution in [0.3, 0.4) is 0 Å². The molecule has 0 saturated carbocycles. The Morgan fingerprint density at radius 3 is 2.59 bits per heavy atom. The number of halogens is 5. The summed E-state index contributed by atoms with van der Waals surface area (Å²) in [5.74, 6) is -0.679. The van der Waals surface area contributed by atoms with Crippen LogP contribution in [0.1, 0.15) is 23.7 Å². The van der Waals surface area contributed by atoms with Gasteiger partial charge in [-0.15, -0.1) is 0 Å². The molecule has 4 rings (SSSR count). The summed E-state index contributed by atoms with van der Waals surface area (Å²) in [6.07, 6.45) is -5.39. The molecule has 2 aromatic carbocycles. The van der Waals surface area contributed by atoms with E-state index >= 15 is 0 Å². The summed E-state index contributed by atoms with van der Waals surface area (Å²) in [6.45, 7) is 5.26. The normalized spacial score (nSPS) is 17.9. The summed E-state index contributed by atoms with van der Waals surface area (Å²) in [5, 5.41) is -0.209. The maximum Gasteiger partial charge on any atom is 0.417 e. The zero-order valence-electron chi connectivity index (χ0n) is 19.8. The zero-order valence-corrected chi connectivity index (χ0v) is 20.6. The van der Waals surface area contributed by atoms with Crippen molar-refractivity contribution in [3.63, 3.8) is 0 Å². The minimum absolute atomic E-state index is 0.000994. The largest absolute Gasteiger partial charge is 0.445 e. The Balaban J connectivity index is 1.76. The van der Waals surface area contributed by atoms with Crippen LogP contribution in [0.5, 0.6) is 0 Å². The fourth-order valence-corrected chi connectivity index (χ4v) is 4.21. The average molecular weight is 535 g/mol. The van der Waals surface area contributed by atoms with Crippen LogP contribution < -0.4 is 0 Å². The molecule has 5 nitrogen and oxygen atoms in total. The molecule has 0 radical (unpaired) electrons. The van der Waals surface area contributed by atoms with E-state index in [4.69, 9.17) is 21.1 Å². The van der Waals surface area contributed by atoms with Gasteiger partial charge in [0.1, 0.15) is 12.4 Å². The number of benzene rings is 2. The smallest absolute Gasteiger partial charge is 0.417 e. The van der Waals surface area contributed by atoms with Crippen LogP contribution in [-0.2, 0) is 21.6 Å². The lowest BCUT2D eigenvalue weighted by Crippen LogP contribution is -2.55. The number of pyridine rings is 1. The molecular weight excluding hydrogens is 512 g/mol. The monoisotopic (exact) mass is 534 g/mol. The van der Waals surface area contributed by atoms with Gasteiger partial charge in [0.05, 0.1) is 40.7 Å². The molecule has 0 spiro atoms. The third-order valence-electron chi connectivity index (χ3n) is 6.18. The van der Waals surface area contributed by atoms with Gasteiger partial charge in [-0.1, -0.05) is 48.5 Å². The molecule has 0 bridgehead atoms. The van der Waals surface area contributed by atoms with Gasteiger partial charge in [0, 0.05) is 12.1 Å². The Kier molecular flexibility index (Phi) is 7.57. The van der Waals surface area contributed by atoms with Gasteiger partial charge in [-0.05, 0) is 48.4 Å². The second-order valence-electron chi connectivity index (χ2n) is 8.75. The molecule has 2 heterocycles. The van der Waals surface area contributed by atoms with Crippen molar-refractivity contribution in [2.24, 2.45) is 0 Å². The van der Waals surface area contributed by atoms with Crippen LogP contribution in [0.15, 0.2) is 67.2 Å². The van der Waals surface area contributed by atoms with Crippen molar-refractivity contribution in [1.82, 2.24) is 9.88 Å². The Hall–Kier alpha value is -3.43. The SMILES string of the molecule is C=C(c1cc(C2(C)COCCN2C(=O)OCc2ccccc2)cc(-c2ccc(F)c(Cl)c2)n1)C(F)(F)F. The number of alkyl halides is 3. The first kappa shape index (κ1) is 26.6. The summed E-state index contributed by atoms with van der Waals surface area (Å²) in [4.78, 5) is 18.7. The van der Waals surface area contributed by atoms with Crippen LogP contribution in [0.2, 0.25) is 5.02 Å². The van der Waals surface area contributed by atoms with Gasteiger partial charge in [-0.2, -0.15) is 13.2 Å². The third-order valence-corrected chi connectivity index (χ3v) is 6.47. The van der Waals surface area contributed by atoms with Gasteiger partial charge < -0.3 is 9.47 Å². The first-order chi connectivity index (χ1) is 17.5. The van der Waals surface area contributed by atoms with Crippen molar-refractivity contribution in [3.8, 4) is 11.3 Å². The van der Waals surface area contributed by atoms with Crippen molar-refractivity contribution in [1.29, 1.82) is 0 Å². The number of hydrogen-bond acceptors (Lipinski definition) is 4. The number of carbonyl (C=O) groups is 1. The molecule has 1 aromatic heterocycles. The van der Waals surface area contributed by atoms with Crippen molar-refractivity contribution in [2.75, 3.05) is 19.8 Å². The molecule has 37 heavy (non-hydrogen) atoms. The molecule has 0 N–H and O–H groups in total. The molecule has 1 atom stereocenters. The molecule has 1 fully saturated rings. The molecule has 3 aromatic rings. The summed E-state index contributed by atoms with van der Waals surface area (Å²) in [6, 6.07) is 15.6. The van der Waals surface area contributed by atoms with E-state index in [2.05, 4.69) is 11.6 Å². The summed E-state index contributed by atoms with van der Waals surface area (Å²) >= 11 is 5.91. The lowest BCUT2D eigenvalue weighted by Gasteiger charge is -2.44. The minimum atomic E-state index is -4.75. The number of ether oxygens (including phenoxy) is 2. The van der Waals surface area contributed by atoms with Crippen molar-refractivity contribution >= 4 is 23.3 Å². The number of rotatable bonds is 5. The van der Waals surface area contributed by atoms with E-state index in [0.717, 1.165) is 11.6 Å². The highest BCUT2D eigenvalue weighted by Gasteiger charge is 2.42. The predicted octanol–water partition coefficient (Wildman–Crippen LogP) is 7.00. The summed E-state index contributed by atoms with van der Waals surface area (Å²) < 4.78 is 65.7. The fourth-order valence-electron chi connectivity index (χ4n) is 4.03. The molecule has 1 amide bonds. The van der Waals surface area contributed by atoms with Crippen LogP contribution in [-0.4, -0.2) is 41.9 Å². The van der Waals surface area contributed by atoms with Crippen LogP contribution in [0.25, 0.3) is 16.8 Å². The minimum Gasteiger partial charge on any atom is -0.445 e. The van der Waals surface area contributed by atoms with Crippen LogP contribution in [0.4, 0.5) is 22.4 Å². The standard InChI is InChI=1S/C27H23ClF4N2O3/c1-17(27(30,31)32)23-13-20(14-24(33-23)19-8-9-22(29)21(28)12-19)26(2)16-36-11-10-34(26)25(35)37-15-18-6-4-3-5-7-18/h3-9,12-14H,1,10-11,15-16H2,2H3. The number of nitrogens with zero attached hydrogens (tertiary/aromatic N) is 2. The van der Waals surface area contributed by atoms with Gasteiger partial charge in [0.2, 0.25) is 0 Å². The maximum absolute atomic E-state index is 13.8. The fraction of sp³-hybridized carbons (Fsp3) is 0.259. The number of hydrogen-bond donors (Lipinski definition) is 0. The summed E-state index contributed by atoms with van der Waals surface area (Å²) in [7, 11) is 0. The second-order valence-corrected chi connectivity index (χ2v) is 9.16. The van der Waals surface area contributed by atoms with Crippen LogP contribution in [0, 0.1) is 5.82 Å². The van der Waals surface area contributed by atoms with Gasteiger partial charge in [-0.3, -0.25) is 4.90 Å². The Labute approximate surface area is 216 Å². The van der Waals surface area contributed by atoms with E-state index in [-0.39, 0.29) is 37.1 Å². The zero-order chi connectivity index (χ0) is 26.8. The van der Waals surface area contributed by atoms with E-state index < -0.39 is 34.9 Å². The molecular formula is C27H23ClF4N2O3. The topological polar surface area (TPSA) is 51.7 Å². The molecule has 194 valence electrons. The maximum atomic E-state index is 13.8. The van der Waals surface area contributed by atoms with E-state index in [9.17, 15) is 22.4 Å². The van der Waals surface area contributed by atoms with Crippen molar-refractivity contribution in [3.05, 3.63) is 94.9 Å². The van der Waals surface area contributed by atoms with E-state index in [1.165, 1.54) is 29.2 Å². The predicted molar refractivity (Wildman–Crippen MR) is 131 cm³/mol. The second kappa shape index (κ2) is 10.5. The van der Waals surface area contributed by atoms with E-state index in [1.54, 1.807) is 6.92 Å². The van der Waals surface area contributed by atoms with E-state index in [0.29, 0.717) is 11.1 Å². The first-order valence-electron chi connectivity index (χ1n) is 11.3. The van der Waals surface area contributed by atoms with Crippen molar-refractivity contribution < 1.29 is 31.8 Å². The number of carbonyl (C=O) groups excluding carboxylic acids is 1. The van der Waals surface area contributed by atoms with Crippen molar-refractivity contribution in [2.45, 2.75) is 25.2 Å². The Morgan fingerprint density at radius 1 is 1.19 bits per heavy atom. The number of amides is 1. The molecule has 1 aliphatic heterocycles. The first-order valence-corrected chi connectivity index (χ1v) is 11.7. The highest BCUT2D eigenvalue weighted by Crippen LogP contribution is 2.38. The lowest BCUT2D eigenvalue weighted by molar-refractivity contribution is -0.0690. The van der Waals surface area contributed by atoms with Gasteiger partial charge >= 0.3 is 12.3 Å². The van der Waals surface area contributed by atoms with E-state index in [1.807, 2.05) is 30.3 Å². The number of aromatic nitrogens is 1. The Morgan fingerprint density at radius 2 is 1.92 bits per heavy atom. The van der Waals surface area contributed by atoms with Gasteiger partial charge in [0.25, 0.3) is 0 Å². The quantitative estimate of drug-likeness (QED) is 0.331. The highest BCUT2D eigenvalue weighted by atomic mass is 35.5. The summed E-state index contributed by atoms with van der Waals surface area (Å²) in [5.41, 5.74) is -1.31. The molecule has 1 unspecified atom stereocenters. The van der Waals surface area contributed by atoms with Gasteiger partial charge in [0.15, 0.2) is 0 Å². The number of allylic oxidation sites excluding steroid dienone is 1. The molecule has 0 aliphatic carbocycles. The molecule has 10 heteroatoms. The lowest BCUT2D eigenvalue weighted by atomic mass is 9.88. The molecule has 1 aliphatic rings. The molecule has 1 saturated heterocycles.